The van der Waals surface area contributed by atoms with Crippen LogP contribution < -0.4 is 0 Å². The van der Waals surface area contributed by atoms with Crippen molar-refractivity contribution < 1.29 is 0 Å². The van der Waals surface area contributed by atoms with Gasteiger partial charge in [-0.1, -0.05) is 66.2 Å². The standard InChI is InChI=1S/C24H19ClS/c1-26(2)23-14-19(18-8-7-16-5-3-4-6-17(16)13-18)9-11-21(23)22-12-10-20(25)15-24(22)26/h3-15H,1-2H3. The Morgan fingerprint density at radius 3 is 2.04 bits per heavy atom. The second kappa shape index (κ2) is 5.64. The molecular formula is C24H19ClS. The van der Waals surface area contributed by atoms with Crippen molar-refractivity contribution in [2.45, 2.75) is 9.79 Å². The largest absolute Gasteiger partial charge is 0.192 e. The van der Waals surface area contributed by atoms with Crippen molar-refractivity contribution in [1.29, 1.82) is 0 Å². The Morgan fingerprint density at radius 2 is 1.23 bits per heavy atom. The zero-order valence-electron chi connectivity index (χ0n) is 14.8. The first-order chi connectivity index (χ1) is 12.5. The van der Waals surface area contributed by atoms with Gasteiger partial charge in [0.25, 0.3) is 0 Å². The first-order valence-electron chi connectivity index (χ1n) is 8.71. The van der Waals surface area contributed by atoms with E-state index in [1.165, 1.54) is 42.8 Å². The Balaban J connectivity index is 1.69. The molecule has 26 heavy (non-hydrogen) atoms. The van der Waals surface area contributed by atoms with Crippen molar-refractivity contribution >= 4 is 32.4 Å². The minimum atomic E-state index is -1.04. The molecule has 1 heterocycles. The van der Waals surface area contributed by atoms with Gasteiger partial charge in [-0.15, -0.1) is 0 Å². The zero-order chi connectivity index (χ0) is 17.9. The van der Waals surface area contributed by atoms with E-state index in [-0.39, 0.29) is 0 Å². The van der Waals surface area contributed by atoms with Crippen molar-refractivity contribution in [3.8, 4) is 22.3 Å². The van der Waals surface area contributed by atoms with Crippen LogP contribution in [0.5, 0.6) is 0 Å². The molecule has 0 atom stereocenters. The van der Waals surface area contributed by atoms with E-state index in [4.69, 9.17) is 11.6 Å². The van der Waals surface area contributed by atoms with Crippen molar-refractivity contribution in [1.82, 2.24) is 0 Å². The molecule has 1 aliphatic heterocycles. The highest BCUT2D eigenvalue weighted by molar-refractivity contribution is 8.33. The normalized spacial score (nSPS) is 15.5. The number of halogens is 1. The first-order valence-corrected chi connectivity index (χ1v) is 11.5. The van der Waals surface area contributed by atoms with Crippen LogP contribution in [0.1, 0.15) is 0 Å². The summed E-state index contributed by atoms with van der Waals surface area (Å²) in [6, 6.07) is 28.5. The third-order valence-corrected chi connectivity index (χ3v) is 8.51. The summed E-state index contributed by atoms with van der Waals surface area (Å²) < 4.78 is 0. The van der Waals surface area contributed by atoms with E-state index in [0.717, 1.165) is 5.02 Å². The Kier molecular flexibility index (Phi) is 3.47. The van der Waals surface area contributed by atoms with Crippen LogP contribution in [0, 0.1) is 0 Å². The fourth-order valence-corrected chi connectivity index (χ4v) is 6.75. The lowest BCUT2D eigenvalue weighted by molar-refractivity contribution is 1.44. The van der Waals surface area contributed by atoms with Gasteiger partial charge in [-0.25, -0.2) is 0 Å². The minimum absolute atomic E-state index is 0.826. The van der Waals surface area contributed by atoms with E-state index in [0.29, 0.717) is 0 Å². The van der Waals surface area contributed by atoms with Gasteiger partial charge in [0.1, 0.15) is 0 Å². The predicted octanol–water partition coefficient (Wildman–Crippen LogP) is 7.62. The van der Waals surface area contributed by atoms with Gasteiger partial charge in [-0.2, -0.15) is 10.0 Å². The van der Waals surface area contributed by atoms with Crippen LogP contribution in [0.3, 0.4) is 0 Å². The molecule has 0 saturated carbocycles. The van der Waals surface area contributed by atoms with E-state index >= 15 is 0 Å². The van der Waals surface area contributed by atoms with Crippen LogP contribution in [0.15, 0.2) is 88.7 Å². The highest BCUT2D eigenvalue weighted by Crippen LogP contribution is 2.67. The van der Waals surface area contributed by atoms with Crippen molar-refractivity contribution in [2.24, 2.45) is 0 Å². The molecule has 0 nitrogen and oxygen atoms in total. The smallest absolute Gasteiger partial charge is 0.0417 e. The number of benzene rings is 4. The van der Waals surface area contributed by atoms with Crippen LogP contribution >= 0.6 is 21.6 Å². The van der Waals surface area contributed by atoms with Crippen molar-refractivity contribution in [3.05, 3.63) is 83.9 Å². The molecule has 1 aliphatic rings. The van der Waals surface area contributed by atoms with Gasteiger partial charge in [0.2, 0.25) is 0 Å². The van der Waals surface area contributed by atoms with E-state index < -0.39 is 10.0 Å². The Morgan fingerprint density at radius 1 is 0.615 bits per heavy atom. The topological polar surface area (TPSA) is 0 Å². The molecule has 0 unspecified atom stereocenters. The number of fused-ring (bicyclic) bond motifs is 4. The zero-order valence-corrected chi connectivity index (χ0v) is 16.4. The Bertz CT molecular complexity index is 1170. The minimum Gasteiger partial charge on any atom is -0.192 e. The fraction of sp³-hybridized carbons (Fsp3) is 0.0833. The molecule has 2 heteroatoms. The summed E-state index contributed by atoms with van der Waals surface area (Å²) in [7, 11) is -1.04. The van der Waals surface area contributed by atoms with Gasteiger partial charge in [-0.3, -0.25) is 0 Å². The van der Waals surface area contributed by atoms with E-state index in [1.807, 2.05) is 6.07 Å². The maximum Gasteiger partial charge on any atom is 0.0417 e. The molecule has 4 aromatic carbocycles. The van der Waals surface area contributed by atoms with Crippen LogP contribution in [0.2, 0.25) is 5.02 Å². The summed E-state index contributed by atoms with van der Waals surface area (Å²) in [5.41, 5.74) is 5.26. The third kappa shape index (κ3) is 2.31. The number of rotatable bonds is 1. The quantitative estimate of drug-likeness (QED) is 0.321. The maximum atomic E-state index is 6.29. The second-order valence-electron chi connectivity index (χ2n) is 7.24. The van der Waals surface area contributed by atoms with Crippen LogP contribution in [-0.2, 0) is 0 Å². The number of hydrogen-bond donors (Lipinski definition) is 0. The van der Waals surface area contributed by atoms with Gasteiger partial charge in [0, 0.05) is 14.8 Å². The van der Waals surface area contributed by atoms with Gasteiger partial charge in [0.15, 0.2) is 0 Å². The van der Waals surface area contributed by atoms with Crippen molar-refractivity contribution in [3.63, 3.8) is 0 Å². The van der Waals surface area contributed by atoms with E-state index in [2.05, 4.69) is 85.3 Å². The molecule has 128 valence electrons. The molecule has 0 fully saturated rings. The summed E-state index contributed by atoms with van der Waals surface area (Å²) >= 11 is 6.29. The van der Waals surface area contributed by atoms with Crippen molar-refractivity contribution in [2.75, 3.05) is 12.5 Å². The molecule has 5 rings (SSSR count). The van der Waals surface area contributed by atoms with Gasteiger partial charge in [0.05, 0.1) is 0 Å². The number of hydrogen-bond acceptors (Lipinski definition) is 0. The molecule has 0 amide bonds. The Hall–Kier alpha value is -2.22. The molecule has 0 spiro atoms. The first kappa shape index (κ1) is 16.0. The lowest BCUT2D eigenvalue weighted by Gasteiger charge is -2.28. The molecule has 0 aliphatic carbocycles. The second-order valence-corrected chi connectivity index (χ2v) is 11.2. The third-order valence-electron chi connectivity index (χ3n) is 5.40. The monoisotopic (exact) mass is 374 g/mol. The van der Waals surface area contributed by atoms with Crippen LogP contribution in [-0.4, -0.2) is 12.5 Å². The average Bonchev–Trinajstić information content (AvgIpc) is 2.88. The summed E-state index contributed by atoms with van der Waals surface area (Å²) in [6.07, 6.45) is 4.75. The molecule has 0 saturated heterocycles. The molecule has 0 bridgehead atoms. The summed E-state index contributed by atoms with van der Waals surface area (Å²) in [6.45, 7) is 0. The predicted molar refractivity (Wildman–Crippen MR) is 116 cm³/mol. The van der Waals surface area contributed by atoms with Crippen LogP contribution in [0.25, 0.3) is 33.0 Å². The lowest BCUT2D eigenvalue weighted by atomic mass is 9.98. The van der Waals surface area contributed by atoms with E-state index in [1.54, 1.807) is 0 Å². The summed E-state index contributed by atoms with van der Waals surface area (Å²) in [4.78, 5) is 2.86. The molecule has 0 aromatic heterocycles. The summed E-state index contributed by atoms with van der Waals surface area (Å²) in [5.74, 6) is 0. The van der Waals surface area contributed by atoms with Gasteiger partial charge in [-0.05, 0) is 69.8 Å². The average molecular weight is 375 g/mol. The van der Waals surface area contributed by atoms with Gasteiger partial charge < -0.3 is 0 Å². The molecular weight excluding hydrogens is 356 g/mol. The molecule has 4 aromatic rings. The highest BCUT2D eigenvalue weighted by atomic mass is 35.5. The van der Waals surface area contributed by atoms with Gasteiger partial charge >= 0.3 is 0 Å². The van der Waals surface area contributed by atoms with Crippen LogP contribution in [0.4, 0.5) is 0 Å². The molecule has 0 N–H and O–H groups in total. The molecule has 0 radical (unpaired) electrons. The summed E-state index contributed by atoms with van der Waals surface area (Å²) in [5, 5.41) is 3.39. The maximum absolute atomic E-state index is 6.29. The highest BCUT2D eigenvalue weighted by Gasteiger charge is 2.32. The van der Waals surface area contributed by atoms with E-state index in [9.17, 15) is 0 Å². The lowest BCUT2D eigenvalue weighted by Crippen LogP contribution is -1.93. The fourth-order valence-electron chi connectivity index (χ4n) is 3.97. The SMILES string of the molecule is CS1(C)c2cc(Cl)ccc2-c2ccc(-c3ccc4ccccc4c3)cc21. The Labute approximate surface area is 160 Å².